The van der Waals surface area contributed by atoms with Crippen molar-refractivity contribution in [2.45, 2.75) is 19.8 Å². The number of nitrogens with zero attached hydrogens (tertiary/aromatic N) is 1. The molecule has 0 atom stereocenters. The van der Waals surface area contributed by atoms with Crippen LogP contribution in [0, 0.1) is 5.41 Å². The number of anilines is 2. The summed E-state index contributed by atoms with van der Waals surface area (Å²) < 4.78 is 5.25. The predicted molar refractivity (Wildman–Crippen MR) is 75.4 cm³/mol. The highest BCUT2D eigenvalue weighted by Gasteiger charge is 2.33. The van der Waals surface area contributed by atoms with E-state index in [1.807, 2.05) is 23.1 Å². The summed E-state index contributed by atoms with van der Waals surface area (Å²) in [5.41, 5.74) is 2.33. The minimum Gasteiger partial charge on any atom is -0.384 e. The van der Waals surface area contributed by atoms with Crippen molar-refractivity contribution in [2.24, 2.45) is 5.41 Å². The van der Waals surface area contributed by atoms with Gasteiger partial charge in [-0.2, -0.15) is 0 Å². The zero-order valence-electron chi connectivity index (χ0n) is 11.3. The molecular weight excluding hydrogens is 240 g/mol. The maximum Gasteiger partial charge on any atom is 0.227 e. The van der Waals surface area contributed by atoms with Crippen LogP contribution in [0.5, 0.6) is 0 Å². The Balaban J connectivity index is 1.67. The summed E-state index contributed by atoms with van der Waals surface area (Å²) in [6, 6.07) is 8.12. The molecule has 1 N–H and O–H groups in total. The first-order chi connectivity index (χ1) is 9.16. The predicted octanol–water partition coefficient (Wildman–Crippen LogP) is 2.26. The van der Waals surface area contributed by atoms with E-state index in [0.717, 1.165) is 44.1 Å². The highest BCUT2D eigenvalue weighted by molar-refractivity contribution is 5.95. The smallest absolute Gasteiger partial charge is 0.227 e. The van der Waals surface area contributed by atoms with Crippen LogP contribution in [0.4, 0.5) is 11.4 Å². The second-order valence-electron chi connectivity index (χ2n) is 5.86. The molecule has 0 spiro atoms. The van der Waals surface area contributed by atoms with E-state index in [1.54, 1.807) is 0 Å². The number of rotatable bonds is 4. The lowest BCUT2D eigenvalue weighted by atomic mass is 9.89. The average molecular weight is 260 g/mol. The number of ether oxygens (including phenoxy) is 1. The van der Waals surface area contributed by atoms with E-state index in [-0.39, 0.29) is 11.3 Å². The Labute approximate surface area is 113 Å². The van der Waals surface area contributed by atoms with Gasteiger partial charge in [0.1, 0.15) is 0 Å². The minimum atomic E-state index is 0.233. The van der Waals surface area contributed by atoms with Gasteiger partial charge in [0.2, 0.25) is 5.91 Å². The summed E-state index contributed by atoms with van der Waals surface area (Å²) in [5, 5.41) is 3.45. The van der Waals surface area contributed by atoms with Gasteiger partial charge in [-0.05, 0) is 24.6 Å². The Morgan fingerprint density at radius 3 is 2.89 bits per heavy atom. The van der Waals surface area contributed by atoms with Gasteiger partial charge in [0, 0.05) is 36.3 Å². The molecule has 0 saturated carbocycles. The van der Waals surface area contributed by atoms with E-state index in [0.29, 0.717) is 6.42 Å². The second-order valence-corrected chi connectivity index (χ2v) is 5.86. The van der Waals surface area contributed by atoms with E-state index in [1.165, 1.54) is 0 Å². The number of carbonyl (C=O) groups excluding carboxylic acids is 1. The van der Waals surface area contributed by atoms with Gasteiger partial charge in [-0.3, -0.25) is 4.79 Å². The molecule has 1 aromatic rings. The van der Waals surface area contributed by atoms with Crippen molar-refractivity contribution in [3.05, 3.63) is 24.3 Å². The van der Waals surface area contributed by atoms with Crippen molar-refractivity contribution in [1.29, 1.82) is 0 Å². The first-order valence-electron chi connectivity index (χ1n) is 6.88. The van der Waals surface area contributed by atoms with Crippen molar-refractivity contribution < 1.29 is 9.53 Å². The quantitative estimate of drug-likeness (QED) is 0.903. The fraction of sp³-hybridized carbons (Fsp3) is 0.533. The van der Waals surface area contributed by atoms with E-state index >= 15 is 0 Å². The van der Waals surface area contributed by atoms with E-state index in [9.17, 15) is 4.79 Å². The molecular formula is C15H20N2O2. The van der Waals surface area contributed by atoms with Gasteiger partial charge in [0.15, 0.2) is 0 Å². The Bertz CT molecular complexity index is 483. The van der Waals surface area contributed by atoms with Crippen LogP contribution >= 0.6 is 0 Å². The van der Waals surface area contributed by atoms with E-state index in [4.69, 9.17) is 4.74 Å². The van der Waals surface area contributed by atoms with Crippen LogP contribution < -0.4 is 10.2 Å². The molecule has 4 heteroatoms. The third-order valence-electron chi connectivity index (χ3n) is 3.85. The third kappa shape index (κ3) is 2.59. The summed E-state index contributed by atoms with van der Waals surface area (Å²) in [4.78, 5) is 13.6. The molecule has 3 rings (SSSR count). The zero-order chi connectivity index (χ0) is 13.3. The monoisotopic (exact) mass is 260 g/mol. The maximum absolute atomic E-state index is 11.7. The fourth-order valence-electron chi connectivity index (χ4n) is 2.57. The zero-order valence-corrected chi connectivity index (χ0v) is 11.3. The first kappa shape index (κ1) is 12.5. The maximum atomic E-state index is 11.7. The molecule has 1 aromatic carbocycles. The van der Waals surface area contributed by atoms with Crippen molar-refractivity contribution in [3.8, 4) is 0 Å². The number of hydrogen-bond acceptors (Lipinski definition) is 3. The number of carbonyl (C=O) groups is 1. The van der Waals surface area contributed by atoms with Gasteiger partial charge in [-0.1, -0.05) is 13.0 Å². The molecule has 1 amide bonds. The van der Waals surface area contributed by atoms with E-state index < -0.39 is 0 Å². The third-order valence-corrected chi connectivity index (χ3v) is 3.85. The molecule has 0 unspecified atom stereocenters. The molecule has 2 fully saturated rings. The number of amides is 1. The summed E-state index contributed by atoms with van der Waals surface area (Å²) in [6.45, 7) is 5.62. The fourth-order valence-corrected chi connectivity index (χ4v) is 2.57. The molecule has 102 valence electrons. The largest absolute Gasteiger partial charge is 0.384 e. The Morgan fingerprint density at radius 1 is 1.42 bits per heavy atom. The van der Waals surface area contributed by atoms with Crippen LogP contribution in [-0.4, -0.2) is 32.2 Å². The van der Waals surface area contributed by atoms with Crippen LogP contribution in [0.25, 0.3) is 0 Å². The van der Waals surface area contributed by atoms with Gasteiger partial charge in [0.25, 0.3) is 0 Å². The first-order valence-corrected chi connectivity index (χ1v) is 6.88. The van der Waals surface area contributed by atoms with E-state index in [2.05, 4.69) is 18.3 Å². The lowest BCUT2D eigenvalue weighted by Gasteiger charge is -2.38. The molecule has 19 heavy (non-hydrogen) atoms. The number of benzene rings is 1. The molecule has 2 aliphatic heterocycles. The SMILES string of the molecule is CC1(CNc2cccc(N3CCCC3=O)c2)COC1. The summed E-state index contributed by atoms with van der Waals surface area (Å²) >= 11 is 0. The van der Waals surface area contributed by atoms with Crippen LogP contribution in [0.15, 0.2) is 24.3 Å². The van der Waals surface area contributed by atoms with Crippen LogP contribution in [0.1, 0.15) is 19.8 Å². The highest BCUT2D eigenvalue weighted by atomic mass is 16.5. The van der Waals surface area contributed by atoms with Gasteiger partial charge in [-0.15, -0.1) is 0 Å². The summed E-state index contributed by atoms with van der Waals surface area (Å²) in [7, 11) is 0. The van der Waals surface area contributed by atoms with Crippen LogP contribution in [0.2, 0.25) is 0 Å². The topological polar surface area (TPSA) is 41.6 Å². The van der Waals surface area contributed by atoms with Gasteiger partial charge in [0.05, 0.1) is 13.2 Å². The van der Waals surface area contributed by atoms with Gasteiger partial charge in [-0.25, -0.2) is 0 Å². The molecule has 2 aliphatic rings. The number of nitrogens with one attached hydrogen (secondary N) is 1. The van der Waals surface area contributed by atoms with Crippen molar-refractivity contribution in [2.75, 3.05) is 36.5 Å². The molecule has 2 heterocycles. The Kier molecular flexibility index (Phi) is 3.19. The molecule has 0 radical (unpaired) electrons. The Morgan fingerprint density at radius 2 is 2.26 bits per heavy atom. The van der Waals surface area contributed by atoms with Gasteiger partial charge < -0.3 is 15.0 Å². The number of hydrogen-bond donors (Lipinski definition) is 1. The van der Waals surface area contributed by atoms with Crippen molar-refractivity contribution in [3.63, 3.8) is 0 Å². The summed E-state index contributed by atoms with van der Waals surface area (Å²) in [6.07, 6.45) is 1.64. The standard InChI is InChI=1S/C15H20N2O2/c1-15(10-19-11-15)9-16-12-4-2-5-13(8-12)17-7-3-6-14(17)18/h2,4-5,8,16H,3,6-7,9-11H2,1H3. The normalized spacial score (nSPS) is 21.3. The van der Waals surface area contributed by atoms with Gasteiger partial charge >= 0.3 is 0 Å². The Hall–Kier alpha value is -1.55. The molecule has 0 aromatic heterocycles. The van der Waals surface area contributed by atoms with Crippen molar-refractivity contribution in [1.82, 2.24) is 0 Å². The molecule has 0 aliphatic carbocycles. The van der Waals surface area contributed by atoms with Crippen LogP contribution in [0.3, 0.4) is 0 Å². The molecule has 2 saturated heterocycles. The minimum absolute atomic E-state index is 0.233. The second kappa shape index (κ2) is 4.85. The molecule has 0 bridgehead atoms. The summed E-state index contributed by atoms with van der Waals surface area (Å²) in [5.74, 6) is 0.233. The average Bonchev–Trinajstić information content (AvgIpc) is 2.81. The lowest BCUT2D eigenvalue weighted by molar-refractivity contribution is -0.117. The molecule has 4 nitrogen and oxygen atoms in total. The van der Waals surface area contributed by atoms with Crippen molar-refractivity contribution >= 4 is 17.3 Å². The lowest BCUT2D eigenvalue weighted by Crippen LogP contribution is -2.45. The van der Waals surface area contributed by atoms with Crippen LogP contribution in [-0.2, 0) is 9.53 Å². The highest BCUT2D eigenvalue weighted by Crippen LogP contribution is 2.28.